The van der Waals surface area contributed by atoms with Crippen molar-refractivity contribution in [1.82, 2.24) is 4.90 Å². The third kappa shape index (κ3) is 3.99. The van der Waals surface area contributed by atoms with Crippen molar-refractivity contribution in [2.45, 2.75) is 90.5 Å². The second kappa shape index (κ2) is 8.05. The SMILES string of the molecule is CCCCC1CCC(C(=O)N2CCCCC2CC)CC1. The molecule has 2 heteroatoms. The van der Waals surface area contributed by atoms with Crippen molar-refractivity contribution in [3.8, 4) is 0 Å². The van der Waals surface area contributed by atoms with Crippen LogP contribution in [0, 0.1) is 11.8 Å². The molecule has 20 heavy (non-hydrogen) atoms. The lowest BCUT2D eigenvalue weighted by atomic mass is 9.79. The van der Waals surface area contributed by atoms with Crippen molar-refractivity contribution >= 4 is 5.91 Å². The van der Waals surface area contributed by atoms with Gasteiger partial charge in [0.25, 0.3) is 0 Å². The van der Waals surface area contributed by atoms with E-state index in [4.69, 9.17) is 0 Å². The molecule has 0 bridgehead atoms. The third-order valence-electron chi connectivity index (χ3n) is 5.54. The molecule has 1 atom stereocenters. The molecule has 2 fully saturated rings. The van der Waals surface area contributed by atoms with E-state index in [0.717, 1.165) is 31.7 Å². The van der Waals surface area contributed by atoms with Gasteiger partial charge in [-0.05, 0) is 57.3 Å². The van der Waals surface area contributed by atoms with Gasteiger partial charge in [0.15, 0.2) is 0 Å². The molecule has 0 aromatic heterocycles. The van der Waals surface area contributed by atoms with Crippen molar-refractivity contribution < 1.29 is 4.79 Å². The van der Waals surface area contributed by atoms with Crippen LogP contribution >= 0.6 is 0 Å². The molecule has 1 unspecified atom stereocenters. The minimum Gasteiger partial charge on any atom is -0.339 e. The van der Waals surface area contributed by atoms with Crippen molar-refractivity contribution in [1.29, 1.82) is 0 Å². The van der Waals surface area contributed by atoms with Crippen LogP contribution < -0.4 is 0 Å². The zero-order valence-electron chi connectivity index (χ0n) is 13.6. The summed E-state index contributed by atoms with van der Waals surface area (Å²) < 4.78 is 0. The van der Waals surface area contributed by atoms with E-state index in [2.05, 4.69) is 18.7 Å². The molecule has 0 aromatic rings. The van der Waals surface area contributed by atoms with Crippen LogP contribution in [-0.2, 0) is 4.79 Å². The van der Waals surface area contributed by atoms with Crippen LogP contribution in [0.1, 0.15) is 84.5 Å². The average molecular weight is 279 g/mol. The zero-order chi connectivity index (χ0) is 14.4. The first-order chi connectivity index (χ1) is 9.76. The lowest BCUT2D eigenvalue weighted by Gasteiger charge is -2.39. The predicted molar refractivity (Wildman–Crippen MR) is 84.6 cm³/mol. The zero-order valence-corrected chi connectivity index (χ0v) is 13.6. The van der Waals surface area contributed by atoms with Gasteiger partial charge in [-0.2, -0.15) is 0 Å². The van der Waals surface area contributed by atoms with Gasteiger partial charge in [-0.25, -0.2) is 0 Å². The minimum atomic E-state index is 0.347. The monoisotopic (exact) mass is 279 g/mol. The van der Waals surface area contributed by atoms with Crippen LogP contribution in [0.15, 0.2) is 0 Å². The molecule has 1 aliphatic carbocycles. The highest BCUT2D eigenvalue weighted by atomic mass is 16.2. The standard InChI is InChI=1S/C18H33NO/c1-3-5-8-15-10-12-16(13-11-15)18(20)19-14-7-6-9-17(19)4-2/h15-17H,3-14H2,1-2H3. The van der Waals surface area contributed by atoms with Gasteiger partial charge in [-0.15, -0.1) is 0 Å². The maximum atomic E-state index is 12.8. The summed E-state index contributed by atoms with van der Waals surface area (Å²) in [4.78, 5) is 15.0. The van der Waals surface area contributed by atoms with E-state index >= 15 is 0 Å². The van der Waals surface area contributed by atoms with E-state index in [1.807, 2.05) is 0 Å². The van der Waals surface area contributed by atoms with Crippen molar-refractivity contribution in [2.75, 3.05) is 6.54 Å². The molecule has 2 aliphatic rings. The molecule has 2 nitrogen and oxygen atoms in total. The lowest BCUT2D eigenvalue weighted by Crippen LogP contribution is -2.46. The van der Waals surface area contributed by atoms with Crippen LogP contribution in [0.25, 0.3) is 0 Å². The lowest BCUT2D eigenvalue weighted by molar-refractivity contribution is -0.140. The number of hydrogen-bond donors (Lipinski definition) is 0. The highest BCUT2D eigenvalue weighted by Crippen LogP contribution is 2.34. The first-order valence-electron chi connectivity index (χ1n) is 9.06. The van der Waals surface area contributed by atoms with E-state index in [9.17, 15) is 4.79 Å². The molecule has 1 saturated carbocycles. The maximum Gasteiger partial charge on any atom is 0.225 e. The quantitative estimate of drug-likeness (QED) is 0.709. The van der Waals surface area contributed by atoms with Crippen LogP contribution in [0.4, 0.5) is 0 Å². The summed E-state index contributed by atoms with van der Waals surface area (Å²) >= 11 is 0. The summed E-state index contributed by atoms with van der Waals surface area (Å²) in [7, 11) is 0. The molecule has 0 spiro atoms. The second-order valence-corrected chi connectivity index (χ2v) is 6.95. The Bertz CT molecular complexity index is 294. The van der Waals surface area contributed by atoms with Gasteiger partial charge < -0.3 is 4.90 Å². The molecule has 0 N–H and O–H groups in total. The van der Waals surface area contributed by atoms with Gasteiger partial charge in [-0.1, -0.05) is 33.1 Å². The summed E-state index contributed by atoms with van der Waals surface area (Å²) in [5, 5.41) is 0. The van der Waals surface area contributed by atoms with Gasteiger partial charge in [-0.3, -0.25) is 4.79 Å². The first kappa shape index (κ1) is 15.9. The summed E-state index contributed by atoms with van der Waals surface area (Å²) in [5.41, 5.74) is 0. The van der Waals surface area contributed by atoms with Crippen molar-refractivity contribution in [3.05, 3.63) is 0 Å². The number of amides is 1. The van der Waals surface area contributed by atoms with E-state index < -0.39 is 0 Å². The Kier molecular flexibility index (Phi) is 6.38. The summed E-state index contributed by atoms with van der Waals surface area (Å²) in [6.45, 7) is 5.53. The average Bonchev–Trinajstić information content (AvgIpc) is 2.52. The third-order valence-corrected chi connectivity index (χ3v) is 5.54. The van der Waals surface area contributed by atoms with Gasteiger partial charge in [0.1, 0.15) is 0 Å². The molecule has 1 aliphatic heterocycles. The molecule has 0 radical (unpaired) electrons. The number of unbranched alkanes of at least 4 members (excludes halogenated alkanes) is 1. The van der Waals surface area contributed by atoms with Gasteiger partial charge in [0, 0.05) is 18.5 Å². The Labute approximate surface area is 125 Å². The number of nitrogens with zero attached hydrogens (tertiary/aromatic N) is 1. The molecular weight excluding hydrogens is 246 g/mol. The Morgan fingerprint density at radius 1 is 1.05 bits per heavy atom. The topological polar surface area (TPSA) is 20.3 Å². The van der Waals surface area contributed by atoms with E-state index in [-0.39, 0.29) is 0 Å². The molecule has 1 saturated heterocycles. The fourth-order valence-corrected chi connectivity index (χ4v) is 4.14. The fourth-order valence-electron chi connectivity index (χ4n) is 4.14. The fraction of sp³-hybridized carbons (Fsp3) is 0.944. The Hall–Kier alpha value is -0.530. The van der Waals surface area contributed by atoms with Crippen LogP contribution in [0.2, 0.25) is 0 Å². The largest absolute Gasteiger partial charge is 0.339 e. The van der Waals surface area contributed by atoms with Gasteiger partial charge in [0.05, 0.1) is 0 Å². The van der Waals surface area contributed by atoms with Gasteiger partial charge >= 0.3 is 0 Å². The first-order valence-corrected chi connectivity index (χ1v) is 9.06. The minimum absolute atomic E-state index is 0.347. The van der Waals surface area contributed by atoms with E-state index in [0.29, 0.717) is 17.9 Å². The second-order valence-electron chi connectivity index (χ2n) is 6.95. The van der Waals surface area contributed by atoms with Crippen LogP contribution in [-0.4, -0.2) is 23.4 Å². The smallest absolute Gasteiger partial charge is 0.225 e. The van der Waals surface area contributed by atoms with Gasteiger partial charge in [0.2, 0.25) is 5.91 Å². The normalized spacial score (nSPS) is 31.3. The number of hydrogen-bond acceptors (Lipinski definition) is 1. The number of piperidine rings is 1. The number of likely N-dealkylation sites (tertiary alicyclic amines) is 1. The molecule has 116 valence electrons. The van der Waals surface area contributed by atoms with E-state index in [1.165, 1.54) is 51.4 Å². The summed E-state index contributed by atoms with van der Waals surface area (Å²) in [6.07, 6.45) is 13.9. The maximum absolute atomic E-state index is 12.8. The van der Waals surface area contributed by atoms with Crippen molar-refractivity contribution in [3.63, 3.8) is 0 Å². The summed E-state index contributed by atoms with van der Waals surface area (Å²) in [5.74, 6) is 1.74. The Morgan fingerprint density at radius 2 is 1.80 bits per heavy atom. The Balaban J connectivity index is 1.81. The molecule has 2 rings (SSSR count). The van der Waals surface area contributed by atoms with Crippen LogP contribution in [0.3, 0.4) is 0 Å². The summed E-state index contributed by atoms with van der Waals surface area (Å²) in [6, 6.07) is 0.536. The Morgan fingerprint density at radius 3 is 2.45 bits per heavy atom. The highest BCUT2D eigenvalue weighted by molar-refractivity contribution is 5.79. The molecule has 1 heterocycles. The van der Waals surface area contributed by atoms with E-state index in [1.54, 1.807) is 0 Å². The van der Waals surface area contributed by atoms with Crippen LogP contribution in [0.5, 0.6) is 0 Å². The number of carbonyl (C=O) groups excluding carboxylic acids is 1. The molecule has 0 aromatic carbocycles. The molecule has 1 amide bonds. The highest BCUT2D eigenvalue weighted by Gasteiger charge is 2.32. The van der Waals surface area contributed by atoms with Crippen molar-refractivity contribution in [2.24, 2.45) is 11.8 Å². The molecular formula is C18H33NO. The number of carbonyl (C=O) groups is 1. The predicted octanol–water partition coefficient (Wildman–Crippen LogP) is 4.77. The number of rotatable bonds is 5.